The number of hydrogen-bond donors (Lipinski definition) is 4. The van der Waals surface area contributed by atoms with Crippen molar-refractivity contribution in [2.45, 2.75) is 69.9 Å². The van der Waals surface area contributed by atoms with E-state index in [2.05, 4.69) is 6.58 Å². The molecule has 2 saturated heterocycles. The summed E-state index contributed by atoms with van der Waals surface area (Å²) in [6.07, 6.45) is -4.20. The topological polar surface area (TPSA) is 116 Å². The first-order chi connectivity index (χ1) is 13.1. The van der Waals surface area contributed by atoms with Gasteiger partial charge < -0.3 is 29.9 Å². The fraction of sp³-hybridized carbons (Fsp3) is 0.857. The number of hydrogen-bond acceptors (Lipinski definition) is 7. The summed E-state index contributed by atoms with van der Waals surface area (Å²) in [6.45, 7) is 7.88. The summed E-state index contributed by atoms with van der Waals surface area (Å²) in [4.78, 5) is 13.7. The number of ether oxygens (including phenoxy) is 2. The highest BCUT2D eigenvalue weighted by atomic mass is 16.7. The average Bonchev–Trinajstić information content (AvgIpc) is 2.76. The molecule has 28 heavy (non-hydrogen) atoms. The maximum atomic E-state index is 13.7. The van der Waals surface area contributed by atoms with Crippen LogP contribution < -0.4 is 0 Å². The first kappa shape index (κ1) is 19.2. The minimum absolute atomic E-state index is 0.178. The maximum absolute atomic E-state index is 13.7. The van der Waals surface area contributed by atoms with Crippen molar-refractivity contribution in [3.63, 3.8) is 0 Å². The van der Waals surface area contributed by atoms with Crippen molar-refractivity contribution < 1.29 is 34.7 Å². The van der Waals surface area contributed by atoms with E-state index < -0.39 is 70.5 Å². The molecule has 7 heteroatoms. The van der Waals surface area contributed by atoms with E-state index in [0.717, 1.165) is 0 Å². The number of fused-ring (bicyclic) bond motifs is 3. The van der Waals surface area contributed by atoms with Crippen LogP contribution in [0.25, 0.3) is 0 Å². The van der Waals surface area contributed by atoms with Gasteiger partial charge in [-0.3, -0.25) is 4.79 Å². The normalized spacial score (nSPS) is 59.2. The highest BCUT2D eigenvalue weighted by molar-refractivity contribution is 5.94. The number of rotatable bonds is 1. The zero-order valence-electron chi connectivity index (χ0n) is 16.5. The third-order valence-corrected chi connectivity index (χ3v) is 9.13. The molecule has 2 heterocycles. The summed E-state index contributed by atoms with van der Waals surface area (Å²) < 4.78 is 12.0. The second kappa shape index (κ2) is 5.45. The Morgan fingerprint density at radius 1 is 1.18 bits per heavy atom. The van der Waals surface area contributed by atoms with Crippen molar-refractivity contribution in [1.82, 2.24) is 0 Å². The van der Waals surface area contributed by atoms with Crippen LogP contribution in [0.4, 0.5) is 0 Å². The quantitative estimate of drug-likeness (QED) is 0.463. The zero-order chi connectivity index (χ0) is 20.4. The van der Waals surface area contributed by atoms with Crippen LogP contribution in [-0.2, 0) is 14.3 Å². The number of ketones is 1. The molecular formula is C21H30O7. The smallest absolute Gasteiger partial charge is 0.173 e. The summed E-state index contributed by atoms with van der Waals surface area (Å²) >= 11 is 0. The van der Waals surface area contributed by atoms with Gasteiger partial charge in [-0.2, -0.15) is 0 Å². The number of methoxy groups -OCH3 is 1. The van der Waals surface area contributed by atoms with E-state index >= 15 is 0 Å². The van der Waals surface area contributed by atoms with Gasteiger partial charge in [-0.1, -0.05) is 20.4 Å². The number of aliphatic hydroxyl groups is 4. The molecule has 2 spiro atoms. The molecule has 4 N–H and O–H groups in total. The van der Waals surface area contributed by atoms with E-state index in [-0.39, 0.29) is 12.5 Å². The van der Waals surface area contributed by atoms with Gasteiger partial charge in [0.25, 0.3) is 0 Å². The van der Waals surface area contributed by atoms with E-state index in [4.69, 9.17) is 9.47 Å². The lowest BCUT2D eigenvalue weighted by Gasteiger charge is -2.72. The first-order valence-electron chi connectivity index (χ1n) is 10.2. The van der Waals surface area contributed by atoms with Crippen molar-refractivity contribution in [3.8, 4) is 0 Å². The Balaban J connectivity index is 1.81. The predicted octanol–water partition coefficient (Wildman–Crippen LogP) is -0.00110. The fourth-order valence-corrected chi connectivity index (χ4v) is 8.26. The summed E-state index contributed by atoms with van der Waals surface area (Å²) in [6, 6.07) is 0. The van der Waals surface area contributed by atoms with E-state index in [1.54, 1.807) is 0 Å². The van der Waals surface area contributed by atoms with E-state index in [0.29, 0.717) is 18.4 Å². The van der Waals surface area contributed by atoms with Crippen molar-refractivity contribution in [2.75, 3.05) is 7.11 Å². The van der Waals surface area contributed by atoms with Crippen LogP contribution in [0.5, 0.6) is 0 Å². The van der Waals surface area contributed by atoms with Gasteiger partial charge >= 0.3 is 0 Å². The molecule has 2 aliphatic heterocycles. The second-order valence-electron chi connectivity index (χ2n) is 10.2. The molecule has 4 bridgehead atoms. The maximum Gasteiger partial charge on any atom is 0.173 e. The average molecular weight is 394 g/mol. The molecule has 6 fully saturated rings. The van der Waals surface area contributed by atoms with Crippen molar-refractivity contribution in [1.29, 1.82) is 0 Å². The summed E-state index contributed by atoms with van der Waals surface area (Å²) in [7, 11) is 1.53. The molecule has 0 radical (unpaired) electrons. The van der Waals surface area contributed by atoms with Crippen LogP contribution in [0, 0.1) is 34.0 Å². The van der Waals surface area contributed by atoms with Gasteiger partial charge in [0.15, 0.2) is 12.1 Å². The van der Waals surface area contributed by atoms with Crippen molar-refractivity contribution in [3.05, 3.63) is 12.2 Å². The van der Waals surface area contributed by atoms with Gasteiger partial charge in [-0.25, -0.2) is 0 Å². The Hall–Kier alpha value is -0.830. The lowest BCUT2D eigenvalue weighted by atomic mass is 9.36. The lowest BCUT2D eigenvalue weighted by molar-refractivity contribution is -0.389. The van der Waals surface area contributed by atoms with Gasteiger partial charge in [0.05, 0.1) is 29.8 Å². The minimum atomic E-state index is -1.68. The molecule has 156 valence electrons. The van der Waals surface area contributed by atoms with Gasteiger partial charge in [-0.15, -0.1) is 0 Å². The SMILES string of the molecule is C=C1[C@H]2C[C@@H](O)[C@@H]3[C@]45CC[C@H](O[C@@H]4OC)C(C)(C)[C@@H]5[C@@H](O)C(=O)[C@]3([C@H]1O)[C@H]2O. The highest BCUT2D eigenvalue weighted by Gasteiger charge is 2.82. The molecule has 7 nitrogen and oxygen atoms in total. The Labute approximate surface area is 164 Å². The molecule has 4 saturated carbocycles. The third kappa shape index (κ3) is 1.69. The zero-order valence-corrected chi connectivity index (χ0v) is 16.5. The van der Waals surface area contributed by atoms with Crippen LogP contribution in [0.2, 0.25) is 0 Å². The predicted molar refractivity (Wildman–Crippen MR) is 96.8 cm³/mol. The van der Waals surface area contributed by atoms with Gasteiger partial charge in [-0.05, 0) is 30.3 Å². The minimum Gasteiger partial charge on any atom is -0.393 e. The molecular weight excluding hydrogens is 364 g/mol. The summed E-state index contributed by atoms with van der Waals surface area (Å²) in [5, 5.41) is 44.9. The Morgan fingerprint density at radius 3 is 2.50 bits per heavy atom. The van der Waals surface area contributed by atoms with E-state index in [9.17, 15) is 25.2 Å². The van der Waals surface area contributed by atoms with Crippen LogP contribution in [0.3, 0.4) is 0 Å². The molecule has 11 atom stereocenters. The molecule has 0 aromatic heterocycles. The Kier molecular flexibility index (Phi) is 3.73. The molecule has 4 aliphatic carbocycles. The van der Waals surface area contributed by atoms with Crippen molar-refractivity contribution in [2.24, 2.45) is 34.0 Å². The van der Waals surface area contributed by atoms with Gasteiger partial charge in [0.2, 0.25) is 0 Å². The summed E-state index contributed by atoms with van der Waals surface area (Å²) in [5.74, 6) is -2.43. The number of carbonyl (C=O) groups excluding carboxylic acids is 1. The standard InChI is InChI=1S/C21H30O7/c1-8-9-7-10(22)13-20-6-5-11(28-18(20)27-4)19(2,3)14(20)12(23)17(26)21(13,15(8)24)16(9)25/h9-16,18,22-25H,1,5-7H2,2-4H3/t9-,10-,11+,12-,13-,14+,15+,16+,18+,20+,21-/m1/s1. The molecule has 0 amide bonds. The van der Waals surface area contributed by atoms with Gasteiger partial charge in [0.1, 0.15) is 6.10 Å². The first-order valence-corrected chi connectivity index (χ1v) is 10.2. The van der Waals surface area contributed by atoms with E-state index in [1.807, 2.05) is 13.8 Å². The third-order valence-electron chi connectivity index (χ3n) is 9.13. The largest absolute Gasteiger partial charge is 0.393 e. The monoisotopic (exact) mass is 394 g/mol. The van der Waals surface area contributed by atoms with Crippen LogP contribution >= 0.6 is 0 Å². The van der Waals surface area contributed by atoms with Crippen molar-refractivity contribution >= 4 is 5.78 Å². The number of carbonyl (C=O) groups is 1. The molecule has 6 rings (SSSR count). The molecule has 0 aromatic carbocycles. The fourth-order valence-electron chi connectivity index (χ4n) is 8.26. The van der Waals surface area contributed by atoms with Crippen LogP contribution in [0.15, 0.2) is 12.2 Å². The Morgan fingerprint density at radius 2 is 1.86 bits per heavy atom. The molecule has 6 aliphatic rings. The van der Waals surface area contributed by atoms with E-state index in [1.165, 1.54) is 7.11 Å². The molecule has 0 aromatic rings. The highest BCUT2D eigenvalue weighted by Crippen LogP contribution is 2.74. The second-order valence-corrected chi connectivity index (χ2v) is 10.2. The van der Waals surface area contributed by atoms with Crippen LogP contribution in [0.1, 0.15) is 33.1 Å². The molecule has 0 unspecified atom stereocenters. The Bertz CT molecular complexity index is 749. The number of aliphatic hydroxyl groups excluding tert-OH is 4. The number of Topliss-reactive ketones (excluding diaryl/α,β-unsaturated/α-hetero) is 1. The lowest BCUT2D eigenvalue weighted by Crippen LogP contribution is -2.80. The van der Waals surface area contributed by atoms with Gasteiger partial charge in [0, 0.05) is 30.3 Å². The van der Waals surface area contributed by atoms with Crippen LogP contribution in [-0.4, -0.2) is 70.1 Å². The summed E-state index contributed by atoms with van der Waals surface area (Å²) in [5.41, 5.74) is -2.73.